The van der Waals surface area contributed by atoms with Crippen LogP contribution in [0.2, 0.25) is 0 Å². The molecule has 3 heterocycles. The minimum atomic E-state index is 0.977. The highest BCUT2D eigenvalue weighted by atomic mass is 16.5. The summed E-state index contributed by atoms with van der Waals surface area (Å²) in [5.41, 5.74) is 5.05. The van der Waals surface area contributed by atoms with E-state index >= 15 is 0 Å². The van der Waals surface area contributed by atoms with E-state index in [4.69, 9.17) is 4.74 Å². The van der Waals surface area contributed by atoms with Crippen LogP contribution in [0.4, 0.5) is 5.69 Å². The van der Waals surface area contributed by atoms with E-state index in [-0.39, 0.29) is 0 Å². The van der Waals surface area contributed by atoms with Gasteiger partial charge in [0.1, 0.15) is 0 Å². The van der Waals surface area contributed by atoms with Gasteiger partial charge in [-0.15, -0.1) is 0 Å². The Bertz CT molecular complexity index is 1240. The normalized spacial score (nSPS) is 16.4. The molecule has 0 saturated carbocycles. The second-order valence-corrected chi connectivity index (χ2v) is 10.5. The van der Waals surface area contributed by atoms with E-state index in [1.165, 1.54) is 53.5 Å². The molecule has 0 N–H and O–H groups in total. The number of fused-ring (bicyclic) bond motifs is 4. The van der Waals surface area contributed by atoms with E-state index in [0.717, 1.165) is 42.0 Å². The largest absolute Gasteiger partial charge is 0.438 e. The van der Waals surface area contributed by atoms with Gasteiger partial charge in [-0.25, -0.2) is 0 Å². The number of pyridine rings is 1. The number of allylic oxidation sites excluding steroid dienone is 2. The van der Waals surface area contributed by atoms with Crippen LogP contribution in [0, 0.1) is 0 Å². The number of rotatable bonds is 6. The van der Waals surface area contributed by atoms with E-state index in [2.05, 4.69) is 104 Å². The zero-order chi connectivity index (χ0) is 23.5. The lowest BCUT2D eigenvalue weighted by molar-refractivity contribution is -0.873. The summed E-state index contributed by atoms with van der Waals surface area (Å²) in [6.07, 6.45) is 12.7. The molecule has 0 radical (unpaired) electrons. The number of hydrogen-bond donors (Lipinski definition) is 0. The van der Waals surface area contributed by atoms with Crippen LogP contribution in [0.1, 0.15) is 37.7 Å². The fraction of sp³-hybridized carbons (Fsp3) is 0.367. The number of para-hydroxylation sites is 3. The van der Waals surface area contributed by atoms with Crippen molar-refractivity contribution in [1.82, 2.24) is 0 Å². The number of anilines is 1. The second-order valence-electron chi connectivity index (χ2n) is 10.5. The van der Waals surface area contributed by atoms with Crippen molar-refractivity contribution in [3.8, 4) is 5.75 Å². The third kappa shape index (κ3) is 4.88. The van der Waals surface area contributed by atoms with Gasteiger partial charge in [-0.2, -0.15) is 4.57 Å². The predicted molar refractivity (Wildman–Crippen MR) is 141 cm³/mol. The summed E-state index contributed by atoms with van der Waals surface area (Å²) in [7, 11) is 6.78. The van der Waals surface area contributed by atoms with E-state index < -0.39 is 0 Å². The van der Waals surface area contributed by atoms with Crippen LogP contribution in [-0.2, 0) is 6.54 Å². The number of benzene rings is 2. The zero-order valence-corrected chi connectivity index (χ0v) is 20.8. The molecule has 5 rings (SSSR count). The van der Waals surface area contributed by atoms with Crippen LogP contribution in [0.5, 0.6) is 5.75 Å². The van der Waals surface area contributed by atoms with Gasteiger partial charge in [0, 0.05) is 24.3 Å². The highest BCUT2D eigenvalue weighted by molar-refractivity contribution is 5.86. The van der Waals surface area contributed by atoms with Gasteiger partial charge in [-0.3, -0.25) is 0 Å². The minimum Gasteiger partial charge on any atom is -0.438 e. The molecule has 0 saturated heterocycles. The van der Waals surface area contributed by atoms with Gasteiger partial charge in [-0.05, 0) is 43.0 Å². The van der Waals surface area contributed by atoms with Crippen LogP contribution in [0.25, 0.3) is 17.0 Å². The van der Waals surface area contributed by atoms with Crippen LogP contribution in [0.3, 0.4) is 0 Å². The number of nitrogens with zero attached hydrogens (tertiary/aromatic N) is 3. The highest BCUT2D eigenvalue weighted by Crippen LogP contribution is 2.41. The fourth-order valence-electron chi connectivity index (χ4n) is 5.07. The molecule has 0 bridgehead atoms. The number of hydrogen-bond acceptors (Lipinski definition) is 2. The molecule has 2 aromatic carbocycles. The summed E-state index contributed by atoms with van der Waals surface area (Å²) >= 11 is 0. The molecule has 2 aliphatic heterocycles. The Balaban J connectivity index is 1.46. The Morgan fingerprint density at radius 3 is 2.65 bits per heavy atom. The molecule has 3 aromatic rings. The monoisotopic (exact) mass is 455 g/mol. The maximum Gasteiger partial charge on any atom is 0.213 e. The quantitative estimate of drug-likeness (QED) is 0.339. The lowest BCUT2D eigenvalue weighted by atomic mass is 10.0. The molecular weight excluding hydrogens is 418 g/mol. The first-order valence-corrected chi connectivity index (χ1v) is 12.7. The molecule has 34 heavy (non-hydrogen) atoms. The lowest BCUT2D eigenvalue weighted by Gasteiger charge is -2.23. The Kier molecular flexibility index (Phi) is 6.42. The van der Waals surface area contributed by atoms with Gasteiger partial charge in [0.2, 0.25) is 11.4 Å². The average molecular weight is 456 g/mol. The van der Waals surface area contributed by atoms with Crippen molar-refractivity contribution in [1.29, 1.82) is 0 Å². The Hall–Kier alpha value is -3.11. The summed E-state index contributed by atoms with van der Waals surface area (Å²) in [4.78, 5) is 2.37. The highest BCUT2D eigenvalue weighted by Gasteiger charge is 2.28. The van der Waals surface area contributed by atoms with Crippen LogP contribution in [-0.4, -0.2) is 38.7 Å². The molecule has 176 valence electrons. The van der Waals surface area contributed by atoms with Gasteiger partial charge in [0.05, 0.1) is 45.2 Å². The third-order valence-corrected chi connectivity index (χ3v) is 6.86. The summed E-state index contributed by atoms with van der Waals surface area (Å²) in [5, 5.41) is 1.30. The fourth-order valence-corrected chi connectivity index (χ4v) is 5.07. The zero-order valence-electron chi connectivity index (χ0n) is 20.8. The second kappa shape index (κ2) is 9.63. The van der Waals surface area contributed by atoms with Crippen molar-refractivity contribution in [2.45, 2.75) is 38.6 Å². The molecule has 0 amide bonds. The molecule has 0 fully saturated rings. The van der Waals surface area contributed by atoms with E-state index in [1.54, 1.807) is 0 Å². The van der Waals surface area contributed by atoms with Gasteiger partial charge >= 0.3 is 0 Å². The molecule has 2 aliphatic rings. The molecule has 0 atom stereocenters. The topological polar surface area (TPSA) is 16.4 Å². The first-order chi connectivity index (χ1) is 16.5. The first kappa shape index (κ1) is 22.7. The van der Waals surface area contributed by atoms with Gasteiger partial charge in [-0.1, -0.05) is 42.8 Å². The number of quaternary nitrogens is 1. The smallest absolute Gasteiger partial charge is 0.213 e. The molecule has 0 spiro atoms. The third-order valence-electron chi connectivity index (χ3n) is 6.86. The molecular formula is C30H37N3O+2. The van der Waals surface area contributed by atoms with Crippen molar-refractivity contribution < 1.29 is 13.8 Å². The van der Waals surface area contributed by atoms with Crippen molar-refractivity contribution in [3.05, 3.63) is 83.9 Å². The van der Waals surface area contributed by atoms with E-state index in [0.29, 0.717) is 0 Å². The van der Waals surface area contributed by atoms with Crippen molar-refractivity contribution in [2.24, 2.45) is 0 Å². The number of aryl methyl sites for hydroxylation is 1. The number of aromatic nitrogens is 1. The Labute approximate surface area is 204 Å². The number of ether oxygens (including phenoxy) is 1. The average Bonchev–Trinajstić information content (AvgIpc) is 3.16. The predicted octanol–water partition coefficient (Wildman–Crippen LogP) is 5.92. The van der Waals surface area contributed by atoms with Crippen molar-refractivity contribution >= 4 is 22.7 Å². The summed E-state index contributed by atoms with van der Waals surface area (Å²) in [6.45, 7) is 3.22. The first-order valence-electron chi connectivity index (χ1n) is 12.7. The Morgan fingerprint density at radius 1 is 0.941 bits per heavy atom. The van der Waals surface area contributed by atoms with E-state index in [1.807, 2.05) is 0 Å². The van der Waals surface area contributed by atoms with E-state index in [9.17, 15) is 0 Å². The van der Waals surface area contributed by atoms with Crippen LogP contribution >= 0.6 is 0 Å². The summed E-state index contributed by atoms with van der Waals surface area (Å²) in [5.74, 6) is 2.00. The van der Waals surface area contributed by atoms with Crippen molar-refractivity contribution in [2.75, 3.05) is 39.1 Å². The van der Waals surface area contributed by atoms with Gasteiger partial charge in [0.15, 0.2) is 18.5 Å². The van der Waals surface area contributed by atoms with Crippen molar-refractivity contribution in [3.63, 3.8) is 0 Å². The molecule has 1 aromatic heterocycles. The van der Waals surface area contributed by atoms with Crippen LogP contribution in [0.15, 0.2) is 78.3 Å². The van der Waals surface area contributed by atoms with Gasteiger partial charge in [0.25, 0.3) is 0 Å². The maximum atomic E-state index is 6.37. The van der Waals surface area contributed by atoms with Crippen LogP contribution < -0.4 is 14.2 Å². The Morgan fingerprint density at radius 2 is 1.76 bits per heavy atom. The van der Waals surface area contributed by atoms with Gasteiger partial charge < -0.3 is 14.1 Å². The summed E-state index contributed by atoms with van der Waals surface area (Å²) in [6, 6.07) is 19.5. The molecule has 0 unspecified atom stereocenters. The molecule has 0 aliphatic carbocycles. The minimum absolute atomic E-state index is 0.977. The summed E-state index contributed by atoms with van der Waals surface area (Å²) < 4.78 is 9.78. The molecule has 4 heteroatoms. The molecule has 4 nitrogen and oxygen atoms in total. The lowest BCUT2D eigenvalue weighted by Crippen LogP contribution is -2.40. The SMILES string of the molecule is C[N+](C)(C)CCC[n+]1ccc(C=CC2=C3Oc4ccccc4N3CCCCC2)c2ccccc21. The standard InChI is InChI=1S/C30H37N3O/c1-33(2,3)23-11-20-31-22-19-24(26-13-6-7-14-27(26)31)17-18-25-12-5-4-10-21-32-28-15-8-9-16-29(28)34-30(25)32/h6-9,13-19,22H,4-5,10-12,20-21,23H2,1-3H3/q+2. The maximum absolute atomic E-state index is 6.37.